The van der Waals surface area contributed by atoms with Gasteiger partial charge in [-0.2, -0.15) is 0 Å². The number of rotatable bonds is 1. The van der Waals surface area contributed by atoms with Crippen LogP contribution in [0.15, 0.2) is 18.2 Å². The van der Waals surface area contributed by atoms with E-state index in [1.807, 2.05) is 23.1 Å². The summed E-state index contributed by atoms with van der Waals surface area (Å²) < 4.78 is 10.5. The van der Waals surface area contributed by atoms with Gasteiger partial charge < -0.3 is 19.7 Å². The van der Waals surface area contributed by atoms with Crippen molar-refractivity contribution in [2.24, 2.45) is 0 Å². The summed E-state index contributed by atoms with van der Waals surface area (Å²) in [5.74, 6) is 1.41. The Hall–Kier alpha value is -1.82. The van der Waals surface area contributed by atoms with Crippen LogP contribution in [-0.2, 0) is 4.79 Å². The molecule has 6 heteroatoms. The molecule has 1 aromatic rings. The summed E-state index contributed by atoms with van der Waals surface area (Å²) in [5, 5.41) is 3.07. The third-order valence-corrected chi connectivity index (χ3v) is 3.04. The molecule has 0 unspecified atom stereocenters. The fraction of sp³-hybridized carbons (Fsp3) is 0.273. The number of hydrogen-bond acceptors (Lipinski definition) is 4. The number of carbonyl (C=O) groups is 1. The molecule has 3 rings (SSSR count). The second-order valence-electron chi connectivity index (χ2n) is 3.79. The highest BCUT2D eigenvalue weighted by Crippen LogP contribution is 2.35. The van der Waals surface area contributed by atoms with Crippen molar-refractivity contribution in [1.82, 2.24) is 5.32 Å². The smallest absolute Gasteiger partial charge is 0.231 e. The first-order chi connectivity index (χ1) is 8.24. The highest BCUT2D eigenvalue weighted by molar-refractivity contribution is 7.80. The quantitative estimate of drug-likeness (QED) is 0.754. The Balaban J connectivity index is 1.89. The number of anilines is 1. The Bertz CT molecular complexity index is 503. The lowest BCUT2D eigenvalue weighted by molar-refractivity contribution is -0.119. The molecule has 0 bridgehead atoms. The summed E-state index contributed by atoms with van der Waals surface area (Å²) in [7, 11) is 0. The molecule has 5 nitrogen and oxygen atoms in total. The molecule has 1 fully saturated rings. The molecule has 0 atom stereocenters. The van der Waals surface area contributed by atoms with Gasteiger partial charge in [-0.05, 0) is 24.4 Å². The predicted molar refractivity (Wildman–Crippen MR) is 65.3 cm³/mol. The van der Waals surface area contributed by atoms with E-state index in [4.69, 9.17) is 21.7 Å². The summed E-state index contributed by atoms with van der Waals surface area (Å²) in [6, 6.07) is 5.61. The number of ether oxygens (including phenoxy) is 2. The van der Waals surface area contributed by atoms with Crippen LogP contribution in [0.1, 0.15) is 6.42 Å². The van der Waals surface area contributed by atoms with Gasteiger partial charge in [-0.1, -0.05) is 0 Å². The maximum atomic E-state index is 11.2. The average Bonchev–Trinajstić information content (AvgIpc) is 2.75. The first-order valence-corrected chi connectivity index (χ1v) is 5.66. The van der Waals surface area contributed by atoms with Crippen LogP contribution < -0.4 is 19.7 Å². The average molecular weight is 250 g/mol. The zero-order valence-corrected chi connectivity index (χ0v) is 9.75. The largest absolute Gasteiger partial charge is 0.454 e. The maximum absolute atomic E-state index is 11.2. The van der Waals surface area contributed by atoms with Crippen molar-refractivity contribution >= 4 is 28.9 Å². The molecular formula is C11H10N2O3S. The Morgan fingerprint density at radius 2 is 2.12 bits per heavy atom. The molecule has 2 heterocycles. The van der Waals surface area contributed by atoms with Crippen LogP contribution in [0.2, 0.25) is 0 Å². The molecule has 17 heavy (non-hydrogen) atoms. The van der Waals surface area contributed by atoms with Gasteiger partial charge in [0, 0.05) is 24.7 Å². The fourth-order valence-electron chi connectivity index (χ4n) is 1.86. The third kappa shape index (κ3) is 1.80. The lowest BCUT2D eigenvalue weighted by Crippen LogP contribution is -2.49. The van der Waals surface area contributed by atoms with Crippen LogP contribution >= 0.6 is 12.2 Å². The van der Waals surface area contributed by atoms with Crippen LogP contribution in [0.5, 0.6) is 11.5 Å². The summed E-state index contributed by atoms with van der Waals surface area (Å²) in [4.78, 5) is 13.0. The monoisotopic (exact) mass is 250 g/mol. The van der Waals surface area contributed by atoms with Crippen molar-refractivity contribution in [2.45, 2.75) is 6.42 Å². The van der Waals surface area contributed by atoms with Crippen LogP contribution in [0.25, 0.3) is 0 Å². The molecule has 2 aliphatic heterocycles. The molecule has 0 radical (unpaired) electrons. The summed E-state index contributed by atoms with van der Waals surface area (Å²) in [5.41, 5.74) is 0.902. The molecule has 1 N–H and O–H groups in total. The van der Waals surface area contributed by atoms with Crippen molar-refractivity contribution < 1.29 is 14.3 Å². The predicted octanol–water partition coefficient (Wildman–Crippen LogP) is 1.03. The van der Waals surface area contributed by atoms with E-state index in [1.165, 1.54) is 0 Å². The molecule has 0 aliphatic carbocycles. The summed E-state index contributed by atoms with van der Waals surface area (Å²) in [6.45, 7) is 0.838. The molecule has 0 aromatic heterocycles. The first kappa shape index (κ1) is 10.3. The number of carbonyl (C=O) groups excluding carboxylic acids is 1. The maximum Gasteiger partial charge on any atom is 0.231 e. The van der Waals surface area contributed by atoms with Gasteiger partial charge in [0.2, 0.25) is 12.7 Å². The number of hydrogen-bond donors (Lipinski definition) is 1. The lowest BCUT2D eigenvalue weighted by atomic mass is 10.2. The van der Waals surface area contributed by atoms with E-state index in [0.717, 1.165) is 11.4 Å². The number of amides is 1. The minimum Gasteiger partial charge on any atom is -0.454 e. The molecule has 0 spiro atoms. The van der Waals surface area contributed by atoms with E-state index >= 15 is 0 Å². The lowest BCUT2D eigenvalue weighted by Gasteiger charge is -2.29. The Morgan fingerprint density at radius 1 is 1.29 bits per heavy atom. The van der Waals surface area contributed by atoms with Crippen molar-refractivity contribution in [3.63, 3.8) is 0 Å². The topological polar surface area (TPSA) is 50.8 Å². The standard InChI is InChI=1S/C11H10N2O3S/c14-10-3-4-13(11(17)12-10)7-1-2-8-9(5-7)16-6-15-8/h1-2,5H,3-4,6H2,(H,12,14,17). The van der Waals surface area contributed by atoms with Gasteiger partial charge >= 0.3 is 0 Å². The van der Waals surface area contributed by atoms with Crippen LogP contribution in [0.4, 0.5) is 5.69 Å². The van der Waals surface area contributed by atoms with Crippen LogP contribution in [-0.4, -0.2) is 24.4 Å². The fourth-order valence-corrected chi connectivity index (χ4v) is 2.17. The Labute approximate surface area is 103 Å². The second kappa shape index (κ2) is 3.89. The minimum atomic E-state index is -0.0352. The third-order valence-electron chi connectivity index (χ3n) is 2.72. The Morgan fingerprint density at radius 3 is 2.94 bits per heavy atom. The highest BCUT2D eigenvalue weighted by atomic mass is 32.1. The van der Waals surface area contributed by atoms with Gasteiger partial charge in [-0.15, -0.1) is 0 Å². The second-order valence-corrected chi connectivity index (χ2v) is 4.18. The summed E-state index contributed by atoms with van der Waals surface area (Å²) in [6.07, 6.45) is 0.439. The van der Waals surface area contributed by atoms with Gasteiger partial charge in [0.1, 0.15) is 0 Å². The van der Waals surface area contributed by atoms with E-state index in [-0.39, 0.29) is 12.7 Å². The molecule has 1 amide bonds. The van der Waals surface area contributed by atoms with Gasteiger partial charge in [0.25, 0.3) is 0 Å². The van der Waals surface area contributed by atoms with E-state index in [0.29, 0.717) is 23.8 Å². The SMILES string of the molecule is O=C1CCN(c2ccc3c(c2)OCO3)C(=S)N1. The zero-order chi connectivity index (χ0) is 11.8. The van der Waals surface area contributed by atoms with Crippen molar-refractivity contribution in [3.05, 3.63) is 18.2 Å². The van der Waals surface area contributed by atoms with Crippen LogP contribution in [0.3, 0.4) is 0 Å². The van der Waals surface area contributed by atoms with Gasteiger partial charge in [-0.3, -0.25) is 4.79 Å². The van der Waals surface area contributed by atoms with Crippen molar-refractivity contribution in [1.29, 1.82) is 0 Å². The molecule has 1 aromatic carbocycles. The van der Waals surface area contributed by atoms with E-state index in [2.05, 4.69) is 5.32 Å². The number of fused-ring (bicyclic) bond motifs is 1. The normalized spacial score (nSPS) is 18.2. The van der Waals surface area contributed by atoms with Gasteiger partial charge in [-0.25, -0.2) is 0 Å². The van der Waals surface area contributed by atoms with Crippen molar-refractivity contribution in [2.75, 3.05) is 18.2 Å². The van der Waals surface area contributed by atoms with E-state index in [1.54, 1.807) is 0 Å². The highest BCUT2D eigenvalue weighted by Gasteiger charge is 2.23. The summed E-state index contributed by atoms with van der Waals surface area (Å²) >= 11 is 5.14. The van der Waals surface area contributed by atoms with E-state index in [9.17, 15) is 4.79 Å². The van der Waals surface area contributed by atoms with Gasteiger partial charge in [0.15, 0.2) is 16.6 Å². The van der Waals surface area contributed by atoms with E-state index < -0.39 is 0 Å². The number of nitrogens with one attached hydrogen (secondary N) is 1. The van der Waals surface area contributed by atoms with Crippen molar-refractivity contribution in [3.8, 4) is 11.5 Å². The molecule has 88 valence electrons. The molecular weight excluding hydrogens is 240 g/mol. The molecule has 2 aliphatic rings. The zero-order valence-electron chi connectivity index (χ0n) is 8.93. The molecule has 0 saturated carbocycles. The first-order valence-electron chi connectivity index (χ1n) is 5.25. The number of nitrogens with zero attached hydrogens (tertiary/aromatic N) is 1. The number of benzene rings is 1. The Kier molecular flexibility index (Phi) is 2.36. The van der Waals surface area contributed by atoms with Gasteiger partial charge in [0.05, 0.1) is 0 Å². The number of thiocarbonyl (C=S) groups is 1. The molecule has 1 saturated heterocycles. The van der Waals surface area contributed by atoms with Crippen LogP contribution in [0, 0.1) is 0 Å². The minimum absolute atomic E-state index is 0.0352.